The van der Waals surface area contributed by atoms with Crippen LogP contribution in [0.2, 0.25) is 5.02 Å². The number of halogens is 1. The number of hydrogen-bond donors (Lipinski definition) is 2. The Labute approximate surface area is 118 Å². The van der Waals surface area contributed by atoms with Gasteiger partial charge < -0.3 is 0 Å². The molecule has 0 aliphatic rings. The van der Waals surface area contributed by atoms with Crippen molar-refractivity contribution in [2.75, 3.05) is 0 Å². The Balaban J connectivity index is 2.41. The van der Waals surface area contributed by atoms with E-state index in [0.29, 0.717) is 5.02 Å². The van der Waals surface area contributed by atoms with Gasteiger partial charge in [0, 0.05) is 6.54 Å². The van der Waals surface area contributed by atoms with Crippen LogP contribution in [0.1, 0.15) is 36.2 Å². The predicted octanol–water partition coefficient (Wildman–Crippen LogP) is 2.81. The van der Waals surface area contributed by atoms with E-state index in [1.165, 1.54) is 5.56 Å². The summed E-state index contributed by atoms with van der Waals surface area (Å²) in [7, 11) is 0. The third-order valence-corrected chi connectivity index (χ3v) is 3.41. The lowest BCUT2D eigenvalue weighted by Crippen LogP contribution is -2.31. The third kappa shape index (κ3) is 2.97. The van der Waals surface area contributed by atoms with Crippen LogP contribution in [0.5, 0.6) is 0 Å². The molecule has 1 aromatic heterocycles. The zero-order chi connectivity index (χ0) is 13.8. The highest BCUT2D eigenvalue weighted by Crippen LogP contribution is 2.28. The molecule has 0 saturated heterocycles. The Morgan fingerprint density at radius 2 is 2.05 bits per heavy atom. The van der Waals surface area contributed by atoms with Crippen LogP contribution in [-0.2, 0) is 6.54 Å². The van der Waals surface area contributed by atoms with Crippen LogP contribution in [0.4, 0.5) is 0 Å². The fraction of sp³-hybridized carbons (Fsp3) is 0.357. The van der Waals surface area contributed by atoms with Crippen LogP contribution in [0.3, 0.4) is 0 Å². The Hall–Kier alpha value is -1.36. The van der Waals surface area contributed by atoms with Crippen LogP contribution in [-0.4, -0.2) is 9.78 Å². The molecule has 0 amide bonds. The molecule has 102 valence electrons. The summed E-state index contributed by atoms with van der Waals surface area (Å²) in [4.78, 5) is 0. The molecule has 0 aliphatic heterocycles. The van der Waals surface area contributed by atoms with E-state index >= 15 is 0 Å². The lowest BCUT2D eigenvalue weighted by Gasteiger charge is -2.19. The molecule has 1 atom stereocenters. The Kier molecular flexibility index (Phi) is 4.58. The van der Waals surface area contributed by atoms with Crippen molar-refractivity contribution in [2.45, 2.75) is 32.9 Å². The molecule has 3 N–H and O–H groups in total. The zero-order valence-electron chi connectivity index (χ0n) is 11.2. The largest absolute Gasteiger partial charge is 0.271 e. The first kappa shape index (κ1) is 14.1. The predicted molar refractivity (Wildman–Crippen MR) is 77.9 cm³/mol. The van der Waals surface area contributed by atoms with E-state index in [2.05, 4.69) is 48.6 Å². The minimum Gasteiger partial charge on any atom is -0.271 e. The maximum atomic E-state index is 6.26. The molecular formula is C14H19ClN4. The summed E-state index contributed by atoms with van der Waals surface area (Å²) in [5.74, 6) is 5.72. The van der Waals surface area contributed by atoms with Crippen LogP contribution < -0.4 is 11.3 Å². The van der Waals surface area contributed by atoms with Crippen molar-refractivity contribution in [3.05, 3.63) is 52.3 Å². The highest BCUT2D eigenvalue weighted by atomic mass is 35.5. The minimum absolute atomic E-state index is 0.151. The summed E-state index contributed by atoms with van der Waals surface area (Å²) in [5.41, 5.74) is 6.04. The van der Waals surface area contributed by atoms with E-state index in [-0.39, 0.29) is 6.04 Å². The van der Waals surface area contributed by atoms with Gasteiger partial charge in [-0.1, -0.05) is 48.4 Å². The number of nitrogens with zero attached hydrogens (tertiary/aromatic N) is 2. The number of hydrazine groups is 1. The van der Waals surface area contributed by atoms with Crippen LogP contribution in [0.15, 0.2) is 30.5 Å². The molecular weight excluding hydrogens is 260 g/mol. The van der Waals surface area contributed by atoms with E-state index in [4.69, 9.17) is 17.4 Å². The van der Waals surface area contributed by atoms with Crippen molar-refractivity contribution in [1.29, 1.82) is 0 Å². The Morgan fingerprint density at radius 1 is 1.37 bits per heavy atom. The van der Waals surface area contributed by atoms with E-state index in [1.807, 2.05) is 4.68 Å². The number of nitrogens with one attached hydrogen (secondary N) is 1. The third-order valence-electron chi connectivity index (χ3n) is 3.12. The first-order chi connectivity index (χ1) is 9.17. The van der Waals surface area contributed by atoms with E-state index in [0.717, 1.165) is 24.2 Å². The number of rotatable bonds is 5. The van der Waals surface area contributed by atoms with Crippen LogP contribution in [0, 0.1) is 6.92 Å². The molecule has 0 radical (unpaired) electrons. The second-order valence-electron chi connectivity index (χ2n) is 4.61. The summed E-state index contributed by atoms with van der Waals surface area (Å²) in [6, 6.07) is 8.09. The van der Waals surface area contributed by atoms with Crippen molar-refractivity contribution in [3.8, 4) is 0 Å². The second-order valence-corrected chi connectivity index (χ2v) is 5.02. The number of nitrogens with two attached hydrogens (primary N) is 1. The molecule has 0 aliphatic carbocycles. The maximum absolute atomic E-state index is 6.26. The minimum atomic E-state index is -0.151. The summed E-state index contributed by atoms with van der Waals surface area (Å²) < 4.78 is 1.91. The lowest BCUT2D eigenvalue weighted by atomic mass is 10.0. The van der Waals surface area contributed by atoms with Gasteiger partial charge in [-0.15, -0.1) is 0 Å². The van der Waals surface area contributed by atoms with Gasteiger partial charge in [-0.2, -0.15) is 5.10 Å². The van der Waals surface area contributed by atoms with Gasteiger partial charge in [0.15, 0.2) is 0 Å². The van der Waals surface area contributed by atoms with Gasteiger partial charge in [-0.25, -0.2) is 5.43 Å². The monoisotopic (exact) mass is 278 g/mol. The number of aryl methyl sites for hydroxylation is 2. The van der Waals surface area contributed by atoms with Gasteiger partial charge >= 0.3 is 0 Å². The normalized spacial score (nSPS) is 12.6. The molecule has 1 unspecified atom stereocenters. The van der Waals surface area contributed by atoms with Gasteiger partial charge in [-0.05, 0) is 18.9 Å². The standard InChI is InChI=1S/C14H19ClN4/c1-3-8-19-14(12(15)9-17-19)13(18-16)11-6-4-10(2)5-7-11/h4-7,9,13,18H,3,8,16H2,1-2H3. The molecule has 0 saturated carbocycles. The van der Waals surface area contributed by atoms with Gasteiger partial charge in [0.25, 0.3) is 0 Å². The van der Waals surface area contributed by atoms with Gasteiger partial charge in [0.05, 0.1) is 23.0 Å². The van der Waals surface area contributed by atoms with E-state index in [9.17, 15) is 0 Å². The molecule has 0 bridgehead atoms. The van der Waals surface area contributed by atoms with E-state index < -0.39 is 0 Å². The van der Waals surface area contributed by atoms with Gasteiger partial charge in [0.2, 0.25) is 0 Å². The molecule has 1 heterocycles. The van der Waals surface area contributed by atoms with Crippen molar-refractivity contribution in [2.24, 2.45) is 5.84 Å². The highest BCUT2D eigenvalue weighted by molar-refractivity contribution is 6.31. The molecule has 1 aromatic carbocycles. The topological polar surface area (TPSA) is 55.9 Å². The van der Waals surface area contributed by atoms with E-state index in [1.54, 1.807) is 6.20 Å². The summed E-state index contributed by atoms with van der Waals surface area (Å²) in [5, 5.41) is 4.94. The average molecular weight is 279 g/mol. The molecule has 5 heteroatoms. The first-order valence-electron chi connectivity index (χ1n) is 6.41. The van der Waals surface area contributed by atoms with Crippen LogP contribution in [0.25, 0.3) is 0 Å². The maximum Gasteiger partial charge on any atom is 0.0893 e. The molecule has 19 heavy (non-hydrogen) atoms. The summed E-state index contributed by atoms with van der Waals surface area (Å²) >= 11 is 6.26. The average Bonchev–Trinajstić information content (AvgIpc) is 2.76. The Morgan fingerprint density at radius 3 is 2.63 bits per heavy atom. The molecule has 2 rings (SSSR count). The zero-order valence-corrected chi connectivity index (χ0v) is 12.0. The summed E-state index contributed by atoms with van der Waals surface area (Å²) in [6.07, 6.45) is 2.67. The fourth-order valence-corrected chi connectivity index (χ4v) is 2.39. The number of benzene rings is 1. The van der Waals surface area contributed by atoms with Gasteiger partial charge in [-0.3, -0.25) is 10.5 Å². The number of hydrogen-bond acceptors (Lipinski definition) is 3. The summed E-state index contributed by atoms with van der Waals surface area (Å²) in [6.45, 7) is 4.99. The fourth-order valence-electron chi connectivity index (χ4n) is 2.14. The Bertz CT molecular complexity index is 533. The molecule has 2 aromatic rings. The molecule has 0 spiro atoms. The van der Waals surface area contributed by atoms with Crippen molar-refractivity contribution < 1.29 is 0 Å². The van der Waals surface area contributed by atoms with Gasteiger partial charge in [0.1, 0.15) is 0 Å². The van der Waals surface area contributed by atoms with Crippen LogP contribution >= 0.6 is 11.6 Å². The van der Waals surface area contributed by atoms with Crippen molar-refractivity contribution >= 4 is 11.6 Å². The number of aromatic nitrogens is 2. The molecule has 4 nitrogen and oxygen atoms in total. The SMILES string of the molecule is CCCn1ncc(Cl)c1C(NN)c1ccc(C)cc1. The highest BCUT2D eigenvalue weighted by Gasteiger charge is 2.20. The molecule has 0 fully saturated rings. The first-order valence-corrected chi connectivity index (χ1v) is 6.79. The van der Waals surface area contributed by atoms with Crippen molar-refractivity contribution in [1.82, 2.24) is 15.2 Å². The quantitative estimate of drug-likeness (QED) is 0.653. The lowest BCUT2D eigenvalue weighted by molar-refractivity contribution is 0.521. The van der Waals surface area contributed by atoms with Crippen molar-refractivity contribution in [3.63, 3.8) is 0 Å². The smallest absolute Gasteiger partial charge is 0.0893 e. The second kappa shape index (κ2) is 6.19.